The van der Waals surface area contributed by atoms with Crippen LogP contribution in [0.5, 0.6) is 0 Å². The molecular weight excluding hydrogens is 226 g/mol. The SMILES string of the molecule is CC(=O)C1(c2nc(C)ncc2C)CCN(C)CC1. The minimum atomic E-state index is -0.399. The Morgan fingerprint density at radius 3 is 2.50 bits per heavy atom. The second-order valence-electron chi connectivity index (χ2n) is 5.39. The fourth-order valence-electron chi connectivity index (χ4n) is 2.77. The summed E-state index contributed by atoms with van der Waals surface area (Å²) in [7, 11) is 2.10. The summed E-state index contributed by atoms with van der Waals surface area (Å²) in [6.45, 7) is 7.47. The number of nitrogens with zero attached hydrogens (tertiary/aromatic N) is 3. The zero-order valence-corrected chi connectivity index (χ0v) is 11.7. The Morgan fingerprint density at radius 1 is 1.33 bits per heavy atom. The molecule has 0 radical (unpaired) electrons. The topological polar surface area (TPSA) is 46.1 Å². The molecular formula is C14H21N3O. The summed E-state index contributed by atoms with van der Waals surface area (Å²) in [5.41, 5.74) is 1.57. The molecule has 1 aromatic rings. The number of likely N-dealkylation sites (tertiary alicyclic amines) is 1. The monoisotopic (exact) mass is 247 g/mol. The van der Waals surface area contributed by atoms with Gasteiger partial charge in [-0.1, -0.05) is 0 Å². The fourth-order valence-corrected chi connectivity index (χ4v) is 2.77. The highest BCUT2D eigenvalue weighted by Gasteiger charge is 2.42. The summed E-state index contributed by atoms with van der Waals surface area (Å²) in [6.07, 6.45) is 3.55. The van der Waals surface area contributed by atoms with Crippen LogP contribution in [0.15, 0.2) is 6.20 Å². The van der Waals surface area contributed by atoms with Gasteiger partial charge >= 0.3 is 0 Å². The quantitative estimate of drug-likeness (QED) is 0.797. The highest BCUT2D eigenvalue weighted by molar-refractivity contribution is 5.88. The van der Waals surface area contributed by atoms with E-state index < -0.39 is 5.41 Å². The number of carbonyl (C=O) groups is 1. The van der Waals surface area contributed by atoms with E-state index in [4.69, 9.17) is 0 Å². The third-order valence-electron chi connectivity index (χ3n) is 4.06. The average Bonchev–Trinajstić information content (AvgIpc) is 2.33. The van der Waals surface area contributed by atoms with E-state index in [9.17, 15) is 4.79 Å². The molecule has 1 fully saturated rings. The molecule has 4 nitrogen and oxygen atoms in total. The highest BCUT2D eigenvalue weighted by atomic mass is 16.1. The zero-order valence-electron chi connectivity index (χ0n) is 11.7. The van der Waals surface area contributed by atoms with E-state index in [0.29, 0.717) is 0 Å². The van der Waals surface area contributed by atoms with Gasteiger partial charge in [0.05, 0.1) is 11.1 Å². The molecule has 0 unspecified atom stereocenters. The van der Waals surface area contributed by atoms with Crippen molar-refractivity contribution in [3.05, 3.63) is 23.3 Å². The molecule has 0 spiro atoms. The van der Waals surface area contributed by atoms with E-state index in [1.807, 2.05) is 20.0 Å². The van der Waals surface area contributed by atoms with E-state index in [2.05, 4.69) is 21.9 Å². The van der Waals surface area contributed by atoms with Crippen molar-refractivity contribution in [3.63, 3.8) is 0 Å². The summed E-state index contributed by atoms with van der Waals surface area (Å²) in [5, 5.41) is 0. The van der Waals surface area contributed by atoms with Crippen LogP contribution < -0.4 is 0 Å². The molecule has 1 aliphatic rings. The summed E-state index contributed by atoms with van der Waals surface area (Å²) in [6, 6.07) is 0. The number of aromatic nitrogens is 2. The lowest BCUT2D eigenvalue weighted by atomic mass is 9.71. The predicted octanol–water partition coefficient (Wildman–Crippen LogP) is 1.65. The van der Waals surface area contributed by atoms with E-state index >= 15 is 0 Å². The van der Waals surface area contributed by atoms with Crippen molar-refractivity contribution in [1.82, 2.24) is 14.9 Å². The molecule has 0 aliphatic carbocycles. The molecule has 4 heteroatoms. The highest BCUT2D eigenvalue weighted by Crippen LogP contribution is 2.36. The number of hydrogen-bond donors (Lipinski definition) is 0. The molecule has 0 saturated carbocycles. The van der Waals surface area contributed by atoms with Crippen LogP contribution in [0.3, 0.4) is 0 Å². The number of aryl methyl sites for hydroxylation is 2. The molecule has 0 N–H and O–H groups in total. The Balaban J connectivity index is 2.47. The van der Waals surface area contributed by atoms with Crippen molar-refractivity contribution in [2.75, 3.05) is 20.1 Å². The van der Waals surface area contributed by atoms with Crippen LogP contribution in [-0.2, 0) is 10.2 Å². The minimum absolute atomic E-state index is 0.233. The first kappa shape index (κ1) is 13.1. The average molecular weight is 247 g/mol. The van der Waals surface area contributed by atoms with Gasteiger partial charge in [0.1, 0.15) is 11.6 Å². The van der Waals surface area contributed by atoms with Gasteiger partial charge in [-0.2, -0.15) is 0 Å². The summed E-state index contributed by atoms with van der Waals surface area (Å²) >= 11 is 0. The van der Waals surface area contributed by atoms with Crippen LogP contribution in [0.25, 0.3) is 0 Å². The van der Waals surface area contributed by atoms with Gasteiger partial charge in [0, 0.05) is 6.20 Å². The molecule has 2 heterocycles. The van der Waals surface area contributed by atoms with Crippen LogP contribution in [0.1, 0.15) is 36.8 Å². The Hall–Kier alpha value is -1.29. The minimum Gasteiger partial charge on any atom is -0.306 e. The third-order valence-corrected chi connectivity index (χ3v) is 4.06. The lowest BCUT2D eigenvalue weighted by Gasteiger charge is -2.39. The molecule has 2 rings (SSSR count). The van der Waals surface area contributed by atoms with Crippen molar-refractivity contribution in [2.45, 2.75) is 39.0 Å². The first-order valence-corrected chi connectivity index (χ1v) is 6.46. The van der Waals surface area contributed by atoms with E-state index in [1.165, 1.54) is 0 Å². The Labute approximate surface area is 108 Å². The van der Waals surface area contributed by atoms with Crippen molar-refractivity contribution < 1.29 is 4.79 Å². The maximum atomic E-state index is 12.2. The molecule has 0 atom stereocenters. The molecule has 98 valence electrons. The summed E-state index contributed by atoms with van der Waals surface area (Å²) < 4.78 is 0. The van der Waals surface area contributed by atoms with Crippen molar-refractivity contribution in [3.8, 4) is 0 Å². The second kappa shape index (κ2) is 4.76. The number of hydrogen-bond acceptors (Lipinski definition) is 4. The van der Waals surface area contributed by atoms with Gasteiger partial charge in [0.2, 0.25) is 0 Å². The first-order valence-electron chi connectivity index (χ1n) is 6.46. The lowest BCUT2D eigenvalue weighted by molar-refractivity contribution is -0.124. The van der Waals surface area contributed by atoms with Crippen LogP contribution in [0.4, 0.5) is 0 Å². The van der Waals surface area contributed by atoms with Gasteiger partial charge in [-0.25, -0.2) is 9.97 Å². The number of Topliss-reactive ketones (excluding diaryl/α,β-unsaturated/α-hetero) is 1. The van der Waals surface area contributed by atoms with E-state index in [1.54, 1.807) is 6.92 Å². The molecule has 1 aliphatic heterocycles. The second-order valence-corrected chi connectivity index (χ2v) is 5.39. The fraction of sp³-hybridized carbons (Fsp3) is 0.643. The lowest BCUT2D eigenvalue weighted by Crippen LogP contribution is -2.46. The Bertz CT molecular complexity index is 462. The van der Waals surface area contributed by atoms with Crippen molar-refractivity contribution in [2.24, 2.45) is 0 Å². The normalized spacial score (nSPS) is 19.8. The largest absolute Gasteiger partial charge is 0.306 e. The molecule has 0 bridgehead atoms. The Morgan fingerprint density at radius 2 is 1.94 bits per heavy atom. The van der Waals surface area contributed by atoms with Crippen LogP contribution in [-0.4, -0.2) is 40.8 Å². The maximum absolute atomic E-state index is 12.2. The zero-order chi connectivity index (χ0) is 13.3. The Kier molecular flexibility index (Phi) is 3.48. The number of rotatable bonds is 2. The molecule has 1 aromatic heterocycles. The smallest absolute Gasteiger partial charge is 0.142 e. The predicted molar refractivity (Wildman–Crippen MR) is 70.6 cm³/mol. The van der Waals surface area contributed by atoms with Crippen molar-refractivity contribution >= 4 is 5.78 Å². The summed E-state index contributed by atoms with van der Waals surface area (Å²) in [4.78, 5) is 23.3. The van der Waals surface area contributed by atoms with Gasteiger partial charge in [-0.05, 0) is 59.3 Å². The molecule has 0 amide bonds. The number of piperidine rings is 1. The van der Waals surface area contributed by atoms with Gasteiger partial charge in [-0.3, -0.25) is 4.79 Å². The number of carbonyl (C=O) groups excluding carboxylic acids is 1. The maximum Gasteiger partial charge on any atom is 0.142 e. The van der Waals surface area contributed by atoms with Crippen LogP contribution in [0, 0.1) is 13.8 Å². The summed E-state index contributed by atoms with van der Waals surface area (Å²) in [5.74, 6) is 0.979. The number of ketones is 1. The molecule has 1 saturated heterocycles. The molecule has 0 aromatic carbocycles. The van der Waals surface area contributed by atoms with Gasteiger partial charge < -0.3 is 4.90 Å². The van der Waals surface area contributed by atoms with Gasteiger partial charge in [-0.15, -0.1) is 0 Å². The standard InChI is InChI=1S/C14H21N3O/c1-10-9-15-12(3)16-13(10)14(11(2)18)5-7-17(4)8-6-14/h9H,5-8H2,1-4H3. The van der Waals surface area contributed by atoms with Crippen LogP contribution >= 0.6 is 0 Å². The third kappa shape index (κ3) is 2.17. The van der Waals surface area contributed by atoms with E-state index in [0.717, 1.165) is 43.0 Å². The van der Waals surface area contributed by atoms with Crippen LogP contribution in [0.2, 0.25) is 0 Å². The van der Waals surface area contributed by atoms with Gasteiger partial charge in [0.25, 0.3) is 0 Å². The van der Waals surface area contributed by atoms with Crippen molar-refractivity contribution in [1.29, 1.82) is 0 Å². The van der Waals surface area contributed by atoms with Gasteiger partial charge in [0.15, 0.2) is 0 Å². The first-order chi connectivity index (χ1) is 8.45. The molecule has 18 heavy (non-hydrogen) atoms. The van der Waals surface area contributed by atoms with E-state index in [-0.39, 0.29) is 5.78 Å².